The molecule has 2 aromatic carbocycles. The molecule has 4 nitrogen and oxygen atoms in total. The fourth-order valence-electron chi connectivity index (χ4n) is 2.27. The van der Waals surface area contributed by atoms with Crippen LogP contribution in [0.1, 0.15) is 16.1 Å². The molecule has 1 aromatic heterocycles. The quantitative estimate of drug-likeness (QED) is 0.724. The second kappa shape index (κ2) is 5.85. The standard InChI is InChI=1S/C17H15BrN2O2/c1-10-3-5-15(13(18)7-10)20-17(21)16-9-11-8-12(22-2)4-6-14(11)19-16/h3-9,19H,1-2H3,(H,20,21). The highest BCUT2D eigenvalue weighted by atomic mass is 79.9. The van der Waals surface area contributed by atoms with Crippen molar-refractivity contribution in [1.29, 1.82) is 0 Å². The van der Waals surface area contributed by atoms with Gasteiger partial charge in [-0.25, -0.2) is 0 Å². The van der Waals surface area contributed by atoms with Crippen molar-refractivity contribution in [2.24, 2.45) is 0 Å². The summed E-state index contributed by atoms with van der Waals surface area (Å²) in [5, 5.41) is 3.83. The third kappa shape index (κ3) is 2.85. The Morgan fingerprint density at radius 2 is 2.00 bits per heavy atom. The summed E-state index contributed by atoms with van der Waals surface area (Å²) in [7, 11) is 1.62. The molecule has 1 amide bonds. The summed E-state index contributed by atoms with van der Waals surface area (Å²) < 4.78 is 6.05. The summed E-state index contributed by atoms with van der Waals surface area (Å²) in [5.41, 5.74) is 3.28. The molecule has 3 aromatic rings. The van der Waals surface area contributed by atoms with E-state index >= 15 is 0 Å². The molecule has 0 saturated heterocycles. The smallest absolute Gasteiger partial charge is 0.272 e. The number of benzene rings is 2. The van der Waals surface area contributed by atoms with Crippen LogP contribution < -0.4 is 10.1 Å². The number of aromatic amines is 1. The molecule has 0 radical (unpaired) electrons. The van der Waals surface area contributed by atoms with Gasteiger partial charge in [0, 0.05) is 15.4 Å². The number of aryl methyl sites for hydroxylation is 1. The first kappa shape index (κ1) is 14.7. The molecule has 3 rings (SSSR count). The second-order valence-electron chi connectivity index (χ2n) is 5.07. The van der Waals surface area contributed by atoms with Crippen LogP contribution in [0.3, 0.4) is 0 Å². The lowest BCUT2D eigenvalue weighted by Gasteiger charge is -2.06. The van der Waals surface area contributed by atoms with E-state index in [9.17, 15) is 4.79 Å². The Labute approximate surface area is 136 Å². The van der Waals surface area contributed by atoms with Crippen molar-refractivity contribution in [3.63, 3.8) is 0 Å². The SMILES string of the molecule is COc1ccc2[nH]c(C(=O)Nc3ccc(C)cc3Br)cc2c1. The molecule has 0 atom stereocenters. The largest absolute Gasteiger partial charge is 0.497 e. The predicted octanol–water partition coefficient (Wildman–Crippen LogP) is 4.50. The van der Waals surface area contributed by atoms with E-state index < -0.39 is 0 Å². The van der Waals surface area contributed by atoms with Crippen molar-refractivity contribution in [2.75, 3.05) is 12.4 Å². The van der Waals surface area contributed by atoms with Gasteiger partial charge < -0.3 is 15.0 Å². The molecule has 0 saturated carbocycles. The van der Waals surface area contributed by atoms with Crippen molar-refractivity contribution >= 4 is 38.4 Å². The monoisotopic (exact) mass is 358 g/mol. The van der Waals surface area contributed by atoms with Gasteiger partial charge in [0.15, 0.2) is 0 Å². The van der Waals surface area contributed by atoms with Crippen LogP contribution in [0, 0.1) is 6.92 Å². The number of fused-ring (bicyclic) bond motifs is 1. The van der Waals surface area contributed by atoms with Crippen LogP contribution in [-0.2, 0) is 0 Å². The van der Waals surface area contributed by atoms with Gasteiger partial charge in [-0.15, -0.1) is 0 Å². The van der Waals surface area contributed by atoms with E-state index in [1.54, 1.807) is 7.11 Å². The van der Waals surface area contributed by atoms with Gasteiger partial charge in [-0.05, 0) is 64.8 Å². The maximum absolute atomic E-state index is 12.4. The van der Waals surface area contributed by atoms with Crippen LogP contribution in [-0.4, -0.2) is 18.0 Å². The average Bonchev–Trinajstić information content (AvgIpc) is 2.93. The summed E-state index contributed by atoms with van der Waals surface area (Å²) in [6, 6.07) is 13.3. The molecule has 112 valence electrons. The minimum atomic E-state index is -0.181. The van der Waals surface area contributed by atoms with E-state index in [-0.39, 0.29) is 5.91 Å². The molecule has 1 heterocycles. The van der Waals surface area contributed by atoms with E-state index in [1.807, 2.05) is 49.4 Å². The second-order valence-corrected chi connectivity index (χ2v) is 5.93. The minimum Gasteiger partial charge on any atom is -0.497 e. The number of methoxy groups -OCH3 is 1. The Kier molecular flexibility index (Phi) is 3.90. The number of hydrogen-bond donors (Lipinski definition) is 2. The van der Waals surface area contributed by atoms with Crippen LogP contribution in [0.25, 0.3) is 10.9 Å². The molecule has 0 aliphatic rings. The Morgan fingerprint density at radius 3 is 2.73 bits per heavy atom. The summed E-state index contributed by atoms with van der Waals surface area (Å²) in [6.45, 7) is 2.00. The summed E-state index contributed by atoms with van der Waals surface area (Å²) in [4.78, 5) is 15.5. The van der Waals surface area contributed by atoms with Gasteiger partial charge in [-0.3, -0.25) is 4.79 Å². The molecule has 0 unspecified atom stereocenters. The van der Waals surface area contributed by atoms with Gasteiger partial charge in [0.2, 0.25) is 0 Å². The molecular weight excluding hydrogens is 344 g/mol. The van der Waals surface area contributed by atoms with Gasteiger partial charge >= 0.3 is 0 Å². The number of halogens is 1. The highest BCUT2D eigenvalue weighted by Gasteiger charge is 2.12. The minimum absolute atomic E-state index is 0.181. The third-order valence-electron chi connectivity index (χ3n) is 3.45. The zero-order valence-corrected chi connectivity index (χ0v) is 13.8. The molecule has 0 spiro atoms. The highest BCUT2D eigenvalue weighted by molar-refractivity contribution is 9.10. The molecule has 22 heavy (non-hydrogen) atoms. The maximum Gasteiger partial charge on any atom is 0.272 e. The maximum atomic E-state index is 12.4. The molecule has 5 heteroatoms. The number of amides is 1. The lowest BCUT2D eigenvalue weighted by molar-refractivity contribution is 0.102. The number of carbonyl (C=O) groups excluding carboxylic acids is 1. The number of nitrogens with one attached hydrogen (secondary N) is 2. The predicted molar refractivity (Wildman–Crippen MR) is 91.7 cm³/mol. The number of aromatic nitrogens is 1. The Bertz CT molecular complexity index is 855. The van der Waals surface area contributed by atoms with Crippen LogP contribution in [0.4, 0.5) is 5.69 Å². The van der Waals surface area contributed by atoms with Crippen LogP contribution >= 0.6 is 15.9 Å². The number of carbonyl (C=O) groups is 1. The molecule has 2 N–H and O–H groups in total. The van der Waals surface area contributed by atoms with E-state index in [0.29, 0.717) is 5.69 Å². The van der Waals surface area contributed by atoms with Gasteiger partial charge in [-0.2, -0.15) is 0 Å². The zero-order valence-electron chi connectivity index (χ0n) is 12.2. The van der Waals surface area contributed by atoms with Crippen molar-refractivity contribution in [2.45, 2.75) is 6.92 Å². The van der Waals surface area contributed by atoms with Gasteiger partial charge in [0.25, 0.3) is 5.91 Å². The molecule has 0 fully saturated rings. The van der Waals surface area contributed by atoms with E-state index in [4.69, 9.17) is 4.74 Å². The first-order valence-electron chi connectivity index (χ1n) is 6.81. The van der Waals surface area contributed by atoms with Crippen molar-refractivity contribution < 1.29 is 9.53 Å². The third-order valence-corrected chi connectivity index (χ3v) is 4.10. The van der Waals surface area contributed by atoms with Crippen molar-refractivity contribution in [3.05, 3.63) is 58.2 Å². The summed E-state index contributed by atoms with van der Waals surface area (Å²) in [5.74, 6) is 0.583. The Hall–Kier alpha value is -2.27. The van der Waals surface area contributed by atoms with Crippen molar-refractivity contribution in [3.8, 4) is 5.75 Å². The number of H-pyrrole nitrogens is 1. The normalized spacial score (nSPS) is 10.7. The molecule has 0 aliphatic heterocycles. The fourth-order valence-corrected chi connectivity index (χ4v) is 2.86. The van der Waals surface area contributed by atoms with Crippen LogP contribution in [0.15, 0.2) is 46.9 Å². The van der Waals surface area contributed by atoms with E-state index in [0.717, 1.165) is 32.4 Å². The van der Waals surface area contributed by atoms with Gasteiger partial charge in [0.1, 0.15) is 11.4 Å². The fraction of sp³-hybridized carbons (Fsp3) is 0.118. The summed E-state index contributed by atoms with van der Waals surface area (Å²) in [6.07, 6.45) is 0. The van der Waals surface area contributed by atoms with E-state index in [1.165, 1.54) is 0 Å². The van der Waals surface area contributed by atoms with Crippen molar-refractivity contribution in [1.82, 2.24) is 4.98 Å². The first-order valence-corrected chi connectivity index (χ1v) is 7.60. The van der Waals surface area contributed by atoms with E-state index in [2.05, 4.69) is 26.2 Å². The number of hydrogen-bond acceptors (Lipinski definition) is 2. The summed E-state index contributed by atoms with van der Waals surface area (Å²) >= 11 is 3.46. The Morgan fingerprint density at radius 1 is 1.18 bits per heavy atom. The Balaban J connectivity index is 1.88. The van der Waals surface area contributed by atoms with Crippen LogP contribution in [0.5, 0.6) is 5.75 Å². The van der Waals surface area contributed by atoms with Crippen LogP contribution in [0.2, 0.25) is 0 Å². The molecular formula is C17H15BrN2O2. The van der Waals surface area contributed by atoms with Gasteiger partial charge in [0.05, 0.1) is 12.8 Å². The average molecular weight is 359 g/mol. The number of rotatable bonds is 3. The first-order chi connectivity index (χ1) is 10.6. The molecule has 0 bridgehead atoms. The lowest BCUT2D eigenvalue weighted by atomic mass is 10.2. The number of anilines is 1. The molecule has 0 aliphatic carbocycles. The topological polar surface area (TPSA) is 54.1 Å². The lowest BCUT2D eigenvalue weighted by Crippen LogP contribution is -2.12. The number of ether oxygens (including phenoxy) is 1. The zero-order chi connectivity index (χ0) is 15.7. The highest BCUT2D eigenvalue weighted by Crippen LogP contribution is 2.25. The van der Waals surface area contributed by atoms with Gasteiger partial charge in [-0.1, -0.05) is 6.07 Å².